The van der Waals surface area contributed by atoms with Crippen LogP contribution in [0.2, 0.25) is 0 Å². The van der Waals surface area contributed by atoms with Gasteiger partial charge < -0.3 is 9.97 Å². The lowest BCUT2D eigenvalue weighted by Crippen LogP contribution is -1.81. The number of nitrogens with zero attached hydrogens (tertiary/aromatic N) is 2. The smallest absolute Gasteiger partial charge is 0.0994 e. The highest BCUT2D eigenvalue weighted by atomic mass is 79.9. The van der Waals surface area contributed by atoms with Gasteiger partial charge in [0.2, 0.25) is 0 Å². The van der Waals surface area contributed by atoms with Crippen LogP contribution in [0.3, 0.4) is 0 Å². The number of aromatic amines is 2. The van der Waals surface area contributed by atoms with Crippen LogP contribution in [-0.2, 0) is 0 Å². The van der Waals surface area contributed by atoms with Gasteiger partial charge >= 0.3 is 0 Å². The zero-order valence-corrected chi connectivity index (χ0v) is 17.2. The number of fused-ring (bicyclic) bond motifs is 2. The quantitative estimate of drug-likeness (QED) is 0.363. The monoisotopic (exact) mass is 418 g/mol. The Bertz CT molecular complexity index is 1250. The van der Waals surface area contributed by atoms with Crippen LogP contribution in [0.4, 0.5) is 0 Å². The zero-order valence-electron chi connectivity index (χ0n) is 15.7. The normalized spacial score (nSPS) is 10.3. The molecular formula is C22H19BrN4. The van der Waals surface area contributed by atoms with Crippen LogP contribution in [0.1, 0.15) is 33.6 Å². The Hall–Kier alpha value is -3.02. The van der Waals surface area contributed by atoms with Crippen molar-refractivity contribution in [3.05, 3.63) is 68.4 Å². The molecule has 0 spiro atoms. The van der Waals surface area contributed by atoms with Crippen molar-refractivity contribution >= 4 is 37.7 Å². The minimum atomic E-state index is 0.734. The van der Waals surface area contributed by atoms with Gasteiger partial charge in [-0.3, -0.25) is 0 Å². The van der Waals surface area contributed by atoms with Gasteiger partial charge in [-0.15, -0.1) is 0 Å². The minimum Gasteiger partial charge on any atom is -0.359 e. The number of halogens is 1. The summed E-state index contributed by atoms with van der Waals surface area (Å²) < 4.78 is 1.05. The van der Waals surface area contributed by atoms with Crippen molar-refractivity contribution in [2.45, 2.75) is 27.7 Å². The van der Waals surface area contributed by atoms with E-state index in [1.54, 1.807) is 0 Å². The van der Waals surface area contributed by atoms with Gasteiger partial charge in [-0.2, -0.15) is 10.5 Å². The third-order valence-electron chi connectivity index (χ3n) is 4.59. The highest BCUT2D eigenvalue weighted by Gasteiger charge is 2.08. The van der Waals surface area contributed by atoms with Gasteiger partial charge in [0.1, 0.15) is 0 Å². The fraction of sp³-hybridized carbons (Fsp3) is 0.182. The van der Waals surface area contributed by atoms with E-state index < -0.39 is 0 Å². The second-order valence-corrected chi connectivity index (χ2v) is 7.50. The van der Waals surface area contributed by atoms with E-state index in [1.165, 1.54) is 0 Å². The second-order valence-electron chi connectivity index (χ2n) is 6.71. The predicted molar refractivity (Wildman–Crippen MR) is 113 cm³/mol. The van der Waals surface area contributed by atoms with Gasteiger partial charge in [-0.1, -0.05) is 0 Å². The van der Waals surface area contributed by atoms with Crippen LogP contribution in [-0.4, -0.2) is 9.97 Å². The summed E-state index contributed by atoms with van der Waals surface area (Å²) in [7, 11) is 0. The molecule has 0 radical (unpaired) electrons. The number of benzene rings is 2. The van der Waals surface area contributed by atoms with E-state index in [0.717, 1.165) is 59.9 Å². The Morgan fingerprint density at radius 2 is 1.37 bits per heavy atom. The fourth-order valence-electron chi connectivity index (χ4n) is 3.13. The lowest BCUT2D eigenvalue weighted by atomic mass is 10.1. The van der Waals surface area contributed by atoms with Crippen molar-refractivity contribution in [3.63, 3.8) is 0 Å². The molecule has 134 valence electrons. The predicted octanol–water partition coefficient (Wildman–Crippen LogP) is 6.08. The molecule has 2 aromatic heterocycles. The molecule has 0 aliphatic carbocycles. The fourth-order valence-corrected chi connectivity index (χ4v) is 3.55. The Kier molecular flexibility index (Phi) is 5.08. The second kappa shape index (κ2) is 7.31. The van der Waals surface area contributed by atoms with Gasteiger partial charge in [-0.25, -0.2) is 0 Å². The first-order valence-corrected chi connectivity index (χ1v) is 9.32. The number of nitrogens with one attached hydrogen (secondary N) is 2. The number of nitriles is 2. The molecule has 0 unspecified atom stereocenters. The zero-order chi connectivity index (χ0) is 19.7. The molecule has 0 aliphatic rings. The van der Waals surface area contributed by atoms with Crippen LogP contribution < -0.4 is 0 Å². The molecule has 2 aromatic carbocycles. The number of H-pyrrole nitrogens is 2. The standard InChI is InChI=1S/C11H9BrN2.C11H10N2/c1-6-3-10-9(4-8(6)5-13)11(12)7(2)14-10;1-7-3-11-9(4-8(2)13-11)5-10(7)6-12/h3-4,14H,1-2H3;3-5,13H,1-2H3. The maximum atomic E-state index is 8.90. The third kappa shape index (κ3) is 3.60. The van der Waals surface area contributed by atoms with Gasteiger partial charge in [0.25, 0.3) is 0 Å². The first-order chi connectivity index (χ1) is 12.8. The first-order valence-electron chi connectivity index (χ1n) is 8.52. The summed E-state index contributed by atoms with van der Waals surface area (Å²) in [5.74, 6) is 0. The number of aromatic nitrogens is 2. The van der Waals surface area contributed by atoms with E-state index >= 15 is 0 Å². The van der Waals surface area contributed by atoms with Gasteiger partial charge in [0.15, 0.2) is 0 Å². The summed E-state index contributed by atoms with van der Waals surface area (Å²) in [6, 6.07) is 14.3. The van der Waals surface area contributed by atoms with E-state index in [1.807, 2.05) is 52.0 Å². The van der Waals surface area contributed by atoms with Crippen molar-refractivity contribution in [1.29, 1.82) is 10.5 Å². The molecule has 0 saturated heterocycles. The topological polar surface area (TPSA) is 79.2 Å². The summed E-state index contributed by atoms with van der Waals surface area (Å²) >= 11 is 3.50. The molecule has 0 atom stereocenters. The molecule has 2 heterocycles. The lowest BCUT2D eigenvalue weighted by Gasteiger charge is -1.97. The molecule has 0 saturated carbocycles. The van der Waals surface area contributed by atoms with Crippen molar-refractivity contribution in [2.24, 2.45) is 0 Å². The van der Waals surface area contributed by atoms with Gasteiger partial charge in [0, 0.05) is 37.7 Å². The summed E-state index contributed by atoms with van der Waals surface area (Å²) in [5.41, 5.74) is 7.92. The largest absolute Gasteiger partial charge is 0.359 e. The van der Waals surface area contributed by atoms with Crippen LogP contribution in [0.15, 0.2) is 34.8 Å². The first kappa shape index (κ1) is 18.8. The summed E-state index contributed by atoms with van der Waals surface area (Å²) in [6.07, 6.45) is 0. The molecule has 0 amide bonds. The molecule has 27 heavy (non-hydrogen) atoms. The van der Waals surface area contributed by atoms with E-state index in [0.29, 0.717) is 0 Å². The molecule has 4 nitrogen and oxygen atoms in total. The average Bonchev–Trinajstić information content (AvgIpc) is 3.12. The van der Waals surface area contributed by atoms with Crippen molar-refractivity contribution in [3.8, 4) is 12.1 Å². The molecule has 4 aromatic rings. The summed E-state index contributed by atoms with van der Waals surface area (Å²) in [6.45, 7) is 7.92. The molecule has 0 bridgehead atoms. The van der Waals surface area contributed by atoms with Crippen LogP contribution >= 0.6 is 15.9 Å². The molecule has 5 heteroatoms. The Morgan fingerprint density at radius 1 is 0.778 bits per heavy atom. The summed E-state index contributed by atoms with van der Waals surface area (Å²) in [5, 5.41) is 19.9. The van der Waals surface area contributed by atoms with Gasteiger partial charge in [0.05, 0.1) is 23.3 Å². The Balaban J connectivity index is 0.000000156. The van der Waals surface area contributed by atoms with Crippen LogP contribution in [0.5, 0.6) is 0 Å². The molecule has 2 N–H and O–H groups in total. The van der Waals surface area contributed by atoms with E-state index in [9.17, 15) is 0 Å². The van der Waals surface area contributed by atoms with Crippen molar-refractivity contribution in [1.82, 2.24) is 9.97 Å². The highest BCUT2D eigenvalue weighted by Crippen LogP contribution is 2.29. The lowest BCUT2D eigenvalue weighted by molar-refractivity contribution is 1.28. The highest BCUT2D eigenvalue weighted by molar-refractivity contribution is 9.10. The summed E-state index contributed by atoms with van der Waals surface area (Å²) in [4.78, 5) is 6.50. The minimum absolute atomic E-state index is 0.734. The number of hydrogen-bond donors (Lipinski definition) is 2. The van der Waals surface area contributed by atoms with Gasteiger partial charge in [-0.05, 0) is 85.1 Å². The number of aryl methyl sites for hydroxylation is 4. The molecule has 0 aliphatic heterocycles. The van der Waals surface area contributed by atoms with Crippen molar-refractivity contribution in [2.75, 3.05) is 0 Å². The SMILES string of the molecule is Cc1cc2[nH]c(C)c(Br)c2cc1C#N.Cc1cc2cc(C#N)c(C)cc2[nH]1. The van der Waals surface area contributed by atoms with Crippen LogP contribution in [0.25, 0.3) is 21.8 Å². The third-order valence-corrected chi connectivity index (χ3v) is 5.62. The molecule has 0 fully saturated rings. The van der Waals surface area contributed by atoms with E-state index in [4.69, 9.17) is 10.5 Å². The maximum absolute atomic E-state index is 8.90. The Labute approximate surface area is 166 Å². The molecular weight excluding hydrogens is 400 g/mol. The van der Waals surface area contributed by atoms with Crippen molar-refractivity contribution < 1.29 is 0 Å². The molecule has 4 rings (SSSR count). The van der Waals surface area contributed by atoms with E-state index in [-0.39, 0.29) is 0 Å². The average molecular weight is 419 g/mol. The van der Waals surface area contributed by atoms with E-state index in [2.05, 4.69) is 44.1 Å². The maximum Gasteiger partial charge on any atom is 0.0994 e. The number of rotatable bonds is 0. The van der Waals surface area contributed by atoms with Crippen LogP contribution in [0, 0.1) is 50.4 Å². The Morgan fingerprint density at radius 3 is 2.00 bits per heavy atom. The number of hydrogen-bond acceptors (Lipinski definition) is 2.